The Kier molecular flexibility index (Phi) is 3.82. The summed E-state index contributed by atoms with van der Waals surface area (Å²) in [6.45, 7) is 0. The number of hydrogen-bond donors (Lipinski definition) is 1. The maximum atomic E-state index is 13.5. The summed E-state index contributed by atoms with van der Waals surface area (Å²) in [5.74, 6) is -3.68. The number of rotatable bonds is 4. The van der Waals surface area contributed by atoms with Crippen molar-refractivity contribution in [1.82, 2.24) is 0 Å². The number of nitrogen functional groups attached to an aromatic ring is 1. The number of nitrogens with two attached hydrogens (primary N) is 1. The van der Waals surface area contributed by atoms with E-state index in [0.717, 1.165) is 0 Å². The SMILES string of the molecule is COC(=O)CCC(F)(F)c1ccc(N)cc1. The Balaban J connectivity index is 2.69. The lowest BCUT2D eigenvalue weighted by Crippen LogP contribution is -2.16. The van der Waals surface area contributed by atoms with Gasteiger partial charge < -0.3 is 10.5 Å². The fourth-order valence-corrected chi connectivity index (χ4v) is 1.23. The van der Waals surface area contributed by atoms with Crippen LogP contribution in [0.1, 0.15) is 18.4 Å². The lowest BCUT2D eigenvalue weighted by atomic mass is 10.0. The van der Waals surface area contributed by atoms with Crippen molar-refractivity contribution in [3.05, 3.63) is 29.8 Å². The van der Waals surface area contributed by atoms with E-state index in [2.05, 4.69) is 4.74 Å². The number of methoxy groups -OCH3 is 1. The van der Waals surface area contributed by atoms with Gasteiger partial charge in [0.05, 0.1) is 13.5 Å². The van der Waals surface area contributed by atoms with Crippen molar-refractivity contribution in [3.8, 4) is 0 Å². The largest absolute Gasteiger partial charge is 0.469 e. The third-order valence-corrected chi connectivity index (χ3v) is 2.20. The number of halogens is 2. The van der Waals surface area contributed by atoms with Crippen molar-refractivity contribution < 1.29 is 18.3 Å². The number of carbonyl (C=O) groups is 1. The summed E-state index contributed by atoms with van der Waals surface area (Å²) < 4.78 is 31.4. The van der Waals surface area contributed by atoms with E-state index in [4.69, 9.17) is 5.73 Å². The molecule has 0 bridgehead atoms. The zero-order valence-corrected chi connectivity index (χ0v) is 8.87. The van der Waals surface area contributed by atoms with Crippen molar-refractivity contribution in [1.29, 1.82) is 0 Å². The van der Waals surface area contributed by atoms with E-state index >= 15 is 0 Å². The Morgan fingerprint density at radius 3 is 2.44 bits per heavy atom. The zero-order valence-electron chi connectivity index (χ0n) is 8.87. The third-order valence-electron chi connectivity index (χ3n) is 2.20. The molecule has 0 radical (unpaired) electrons. The number of alkyl halides is 2. The van der Waals surface area contributed by atoms with Crippen LogP contribution in [-0.2, 0) is 15.5 Å². The minimum absolute atomic E-state index is 0.148. The average Bonchev–Trinajstić information content (AvgIpc) is 2.26. The van der Waals surface area contributed by atoms with Crippen LogP contribution in [0, 0.1) is 0 Å². The Bertz CT molecular complexity index is 363. The van der Waals surface area contributed by atoms with Gasteiger partial charge in [0.2, 0.25) is 0 Å². The molecule has 88 valence electrons. The van der Waals surface area contributed by atoms with Gasteiger partial charge in [0.1, 0.15) is 0 Å². The monoisotopic (exact) mass is 229 g/mol. The lowest BCUT2D eigenvalue weighted by molar-refractivity contribution is -0.143. The molecule has 1 aromatic rings. The molecule has 0 saturated heterocycles. The molecule has 0 amide bonds. The Labute approximate surface area is 92.2 Å². The third kappa shape index (κ3) is 3.18. The molecular formula is C11H13F2NO2. The van der Waals surface area contributed by atoms with Gasteiger partial charge in [0.15, 0.2) is 0 Å². The van der Waals surface area contributed by atoms with Gasteiger partial charge in [-0.05, 0) is 12.1 Å². The highest BCUT2D eigenvalue weighted by atomic mass is 19.3. The summed E-state index contributed by atoms with van der Waals surface area (Å²) in [7, 11) is 1.17. The molecule has 2 N–H and O–H groups in total. The van der Waals surface area contributed by atoms with Gasteiger partial charge in [0, 0.05) is 17.7 Å². The van der Waals surface area contributed by atoms with Gasteiger partial charge in [-0.15, -0.1) is 0 Å². The second-order valence-electron chi connectivity index (χ2n) is 3.40. The number of hydrogen-bond acceptors (Lipinski definition) is 3. The average molecular weight is 229 g/mol. The van der Waals surface area contributed by atoms with Crippen molar-refractivity contribution in [2.24, 2.45) is 0 Å². The molecule has 0 heterocycles. The minimum atomic E-state index is -3.04. The van der Waals surface area contributed by atoms with Gasteiger partial charge in [-0.3, -0.25) is 4.79 Å². The molecule has 3 nitrogen and oxygen atoms in total. The molecule has 1 aromatic carbocycles. The predicted molar refractivity (Wildman–Crippen MR) is 56.0 cm³/mol. The molecule has 0 aromatic heterocycles. The van der Waals surface area contributed by atoms with Crippen molar-refractivity contribution in [2.45, 2.75) is 18.8 Å². The summed E-state index contributed by atoms with van der Waals surface area (Å²) >= 11 is 0. The molecule has 5 heteroatoms. The summed E-state index contributed by atoms with van der Waals surface area (Å²) in [5.41, 5.74) is 5.67. The summed E-state index contributed by atoms with van der Waals surface area (Å²) in [5, 5.41) is 0. The lowest BCUT2D eigenvalue weighted by Gasteiger charge is -2.16. The fourth-order valence-electron chi connectivity index (χ4n) is 1.23. The second kappa shape index (κ2) is 4.92. The first-order valence-electron chi connectivity index (χ1n) is 4.76. The van der Waals surface area contributed by atoms with Crippen LogP contribution in [0.3, 0.4) is 0 Å². The van der Waals surface area contributed by atoms with E-state index in [1.807, 2.05) is 0 Å². The van der Waals surface area contributed by atoms with Gasteiger partial charge in [-0.25, -0.2) is 8.78 Å². The topological polar surface area (TPSA) is 52.3 Å². The summed E-state index contributed by atoms with van der Waals surface area (Å²) in [6.07, 6.45) is -0.878. The predicted octanol–water partition coefficient (Wildman–Crippen LogP) is 2.31. The van der Waals surface area contributed by atoms with Crippen LogP contribution in [0.5, 0.6) is 0 Å². The number of ether oxygens (including phenoxy) is 1. The Hall–Kier alpha value is -1.65. The molecule has 0 atom stereocenters. The van der Waals surface area contributed by atoms with Gasteiger partial charge in [-0.2, -0.15) is 0 Å². The van der Waals surface area contributed by atoms with Crippen molar-refractivity contribution in [3.63, 3.8) is 0 Å². The van der Waals surface area contributed by atoms with E-state index in [9.17, 15) is 13.6 Å². The number of anilines is 1. The molecule has 16 heavy (non-hydrogen) atoms. The maximum absolute atomic E-state index is 13.5. The van der Waals surface area contributed by atoms with Crippen molar-refractivity contribution >= 4 is 11.7 Å². The highest BCUT2D eigenvalue weighted by Gasteiger charge is 2.31. The number of esters is 1. The van der Waals surface area contributed by atoms with Crippen LogP contribution in [0.4, 0.5) is 14.5 Å². The molecule has 0 saturated carbocycles. The van der Waals surface area contributed by atoms with E-state index in [0.29, 0.717) is 5.69 Å². The van der Waals surface area contributed by atoms with E-state index < -0.39 is 18.3 Å². The molecular weight excluding hydrogens is 216 g/mol. The maximum Gasteiger partial charge on any atom is 0.305 e. The van der Waals surface area contributed by atoms with Crippen LogP contribution >= 0.6 is 0 Å². The smallest absolute Gasteiger partial charge is 0.305 e. The van der Waals surface area contributed by atoms with Crippen LogP contribution in [0.2, 0.25) is 0 Å². The van der Waals surface area contributed by atoms with Gasteiger partial charge in [-0.1, -0.05) is 12.1 Å². The fraction of sp³-hybridized carbons (Fsp3) is 0.364. The Morgan fingerprint density at radius 1 is 1.38 bits per heavy atom. The first-order valence-corrected chi connectivity index (χ1v) is 4.76. The first-order chi connectivity index (χ1) is 7.45. The summed E-state index contributed by atoms with van der Waals surface area (Å²) in [6, 6.07) is 5.32. The zero-order chi connectivity index (χ0) is 12.2. The van der Waals surface area contributed by atoms with Gasteiger partial charge >= 0.3 is 5.97 Å². The minimum Gasteiger partial charge on any atom is -0.469 e. The second-order valence-corrected chi connectivity index (χ2v) is 3.40. The molecule has 1 rings (SSSR count). The highest BCUT2D eigenvalue weighted by molar-refractivity contribution is 5.69. The highest BCUT2D eigenvalue weighted by Crippen LogP contribution is 2.33. The van der Waals surface area contributed by atoms with Crippen LogP contribution in [-0.4, -0.2) is 13.1 Å². The summed E-state index contributed by atoms with van der Waals surface area (Å²) in [4.78, 5) is 10.8. The molecule has 0 aliphatic carbocycles. The van der Waals surface area contributed by atoms with Crippen LogP contribution in [0.25, 0.3) is 0 Å². The van der Waals surface area contributed by atoms with Crippen LogP contribution in [0.15, 0.2) is 24.3 Å². The van der Waals surface area contributed by atoms with Gasteiger partial charge in [0.25, 0.3) is 5.92 Å². The molecule has 0 fully saturated rings. The van der Waals surface area contributed by atoms with Crippen LogP contribution < -0.4 is 5.73 Å². The first kappa shape index (κ1) is 12.4. The standard InChI is InChI=1S/C11H13F2NO2/c1-16-10(15)6-7-11(12,13)8-2-4-9(14)5-3-8/h2-5H,6-7,14H2,1H3. The van der Waals surface area contributed by atoms with E-state index in [1.165, 1.54) is 31.4 Å². The van der Waals surface area contributed by atoms with E-state index in [1.54, 1.807) is 0 Å². The molecule has 0 unspecified atom stereocenters. The Morgan fingerprint density at radius 2 is 1.94 bits per heavy atom. The normalized spacial score (nSPS) is 11.2. The van der Waals surface area contributed by atoms with E-state index in [-0.39, 0.29) is 12.0 Å². The number of benzene rings is 1. The molecule has 0 aliphatic heterocycles. The quantitative estimate of drug-likeness (QED) is 0.636. The van der Waals surface area contributed by atoms with Crippen molar-refractivity contribution in [2.75, 3.05) is 12.8 Å². The molecule has 0 aliphatic rings. The number of carbonyl (C=O) groups excluding carboxylic acids is 1. The molecule has 0 spiro atoms.